The smallest absolute Gasteiger partial charge is 0.268 e. The van der Waals surface area contributed by atoms with Gasteiger partial charge in [-0.05, 0) is 47.9 Å². The predicted molar refractivity (Wildman–Crippen MR) is 115 cm³/mol. The van der Waals surface area contributed by atoms with E-state index in [0.29, 0.717) is 22.1 Å². The first-order valence-electron chi connectivity index (χ1n) is 8.33. The zero-order valence-electron chi connectivity index (χ0n) is 14.9. The minimum atomic E-state index is -0.503. The maximum absolute atomic E-state index is 12.4. The highest BCUT2D eigenvalue weighted by Gasteiger charge is 2.12. The molecule has 0 radical (unpaired) electrons. The van der Waals surface area contributed by atoms with Gasteiger partial charge in [0.15, 0.2) is 5.13 Å². The second-order valence-corrected chi connectivity index (χ2v) is 8.03. The van der Waals surface area contributed by atoms with Gasteiger partial charge in [0.2, 0.25) is 0 Å². The van der Waals surface area contributed by atoms with Crippen molar-refractivity contribution >= 4 is 51.7 Å². The van der Waals surface area contributed by atoms with Gasteiger partial charge in [-0.2, -0.15) is 5.26 Å². The minimum absolute atomic E-state index is 0.00983. The number of anilines is 1. The van der Waals surface area contributed by atoms with Gasteiger partial charge in [0.05, 0.1) is 0 Å². The van der Waals surface area contributed by atoms with E-state index >= 15 is 0 Å². The van der Waals surface area contributed by atoms with Crippen LogP contribution in [0.2, 0.25) is 10.0 Å². The molecule has 1 N–H and O–H groups in total. The van der Waals surface area contributed by atoms with Crippen LogP contribution in [0.25, 0.3) is 6.08 Å². The quantitative estimate of drug-likeness (QED) is 0.407. The molecule has 0 bridgehead atoms. The van der Waals surface area contributed by atoms with Crippen LogP contribution < -0.4 is 5.32 Å². The van der Waals surface area contributed by atoms with Crippen molar-refractivity contribution in [1.29, 1.82) is 5.26 Å². The Morgan fingerprint density at radius 3 is 2.68 bits per heavy atom. The lowest BCUT2D eigenvalue weighted by atomic mass is 10.1. The second kappa shape index (κ2) is 9.03. The number of nitrogens with zero attached hydrogens (tertiary/aromatic N) is 2. The number of hydrogen-bond donors (Lipinski definition) is 1. The molecular weight excluding hydrogens is 413 g/mol. The van der Waals surface area contributed by atoms with Gasteiger partial charge in [-0.3, -0.25) is 10.1 Å². The number of benzene rings is 2. The first-order chi connectivity index (χ1) is 13.4. The van der Waals surface area contributed by atoms with Crippen molar-refractivity contribution in [2.45, 2.75) is 13.3 Å². The van der Waals surface area contributed by atoms with Gasteiger partial charge in [-0.1, -0.05) is 47.5 Å². The van der Waals surface area contributed by atoms with Crippen LogP contribution in [0.4, 0.5) is 5.13 Å². The van der Waals surface area contributed by atoms with Crippen molar-refractivity contribution in [1.82, 2.24) is 4.98 Å². The van der Waals surface area contributed by atoms with Crippen molar-refractivity contribution in [3.63, 3.8) is 0 Å². The fourth-order valence-corrected chi connectivity index (χ4v) is 3.60. The van der Waals surface area contributed by atoms with E-state index in [-0.39, 0.29) is 5.57 Å². The number of amides is 1. The second-order valence-electron chi connectivity index (χ2n) is 6.07. The summed E-state index contributed by atoms with van der Waals surface area (Å²) in [5, 5.41) is 13.7. The molecule has 0 unspecified atom stereocenters. The summed E-state index contributed by atoms with van der Waals surface area (Å²) in [5.74, 6) is -0.503. The molecule has 0 aliphatic carbocycles. The number of carbonyl (C=O) groups is 1. The third-order valence-electron chi connectivity index (χ3n) is 3.93. The van der Waals surface area contributed by atoms with E-state index in [1.165, 1.54) is 17.4 Å². The largest absolute Gasteiger partial charge is 0.297 e. The van der Waals surface area contributed by atoms with E-state index in [1.807, 2.05) is 31.2 Å². The maximum Gasteiger partial charge on any atom is 0.268 e. The molecule has 0 atom stereocenters. The van der Waals surface area contributed by atoms with Gasteiger partial charge < -0.3 is 0 Å². The Labute approximate surface area is 177 Å². The molecule has 0 fully saturated rings. The molecular formula is C21H15Cl2N3OS. The zero-order valence-corrected chi connectivity index (χ0v) is 17.2. The molecule has 0 aliphatic rings. The average Bonchev–Trinajstić information content (AvgIpc) is 3.11. The maximum atomic E-state index is 12.4. The molecule has 7 heteroatoms. The van der Waals surface area contributed by atoms with Crippen LogP contribution in [0.3, 0.4) is 0 Å². The van der Waals surface area contributed by atoms with Gasteiger partial charge in [-0.25, -0.2) is 4.98 Å². The summed E-state index contributed by atoms with van der Waals surface area (Å²) in [5.41, 5.74) is 2.80. The standard InChI is InChI=1S/C21H15Cl2N3OS/c1-13-2-3-15(10-19(13)23)9-18-12-25-21(28-18)26-20(27)16(11-24)8-14-4-6-17(22)7-5-14/h2-8,10,12H,9H2,1H3,(H,25,26,27)/b16-8+. The van der Waals surface area contributed by atoms with E-state index in [1.54, 1.807) is 30.5 Å². The molecule has 4 nitrogen and oxygen atoms in total. The Morgan fingerprint density at radius 2 is 2.00 bits per heavy atom. The summed E-state index contributed by atoms with van der Waals surface area (Å²) in [6, 6.07) is 14.7. The molecule has 0 saturated heterocycles. The highest BCUT2D eigenvalue weighted by atomic mass is 35.5. The van der Waals surface area contributed by atoms with E-state index in [4.69, 9.17) is 23.2 Å². The lowest BCUT2D eigenvalue weighted by Gasteiger charge is -2.02. The Morgan fingerprint density at radius 1 is 1.25 bits per heavy atom. The molecule has 2 aromatic carbocycles. The van der Waals surface area contributed by atoms with Gasteiger partial charge in [0.25, 0.3) is 5.91 Å². The van der Waals surface area contributed by atoms with Crippen LogP contribution in [-0.4, -0.2) is 10.9 Å². The number of nitriles is 1. The monoisotopic (exact) mass is 427 g/mol. The van der Waals surface area contributed by atoms with Crippen molar-refractivity contribution in [3.8, 4) is 6.07 Å². The molecule has 3 aromatic rings. The van der Waals surface area contributed by atoms with Crippen molar-refractivity contribution in [3.05, 3.63) is 85.8 Å². The van der Waals surface area contributed by atoms with Crippen LogP contribution in [-0.2, 0) is 11.2 Å². The predicted octanol–water partition coefficient (Wildman–Crippen LogP) is 5.89. The fourth-order valence-electron chi connectivity index (χ4n) is 2.43. The molecule has 1 heterocycles. The van der Waals surface area contributed by atoms with E-state index < -0.39 is 5.91 Å². The van der Waals surface area contributed by atoms with Crippen LogP contribution in [0.5, 0.6) is 0 Å². The summed E-state index contributed by atoms with van der Waals surface area (Å²) < 4.78 is 0. The number of thiazole rings is 1. The lowest BCUT2D eigenvalue weighted by molar-refractivity contribution is -0.112. The lowest BCUT2D eigenvalue weighted by Crippen LogP contribution is -2.13. The summed E-state index contributed by atoms with van der Waals surface area (Å²) in [6.45, 7) is 1.96. The molecule has 1 amide bonds. The first-order valence-corrected chi connectivity index (χ1v) is 9.90. The number of carbonyl (C=O) groups excluding carboxylic acids is 1. The number of halogens is 2. The highest BCUT2D eigenvalue weighted by Crippen LogP contribution is 2.24. The summed E-state index contributed by atoms with van der Waals surface area (Å²) in [6.07, 6.45) is 3.89. The zero-order chi connectivity index (χ0) is 20.1. The average molecular weight is 428 g/mol. The van der Waals surface area contributed by atoms with Gasteiger partial charge >= 0.3 is 0 Å². The minimum Gasteiger partial charge on any atom is -0.297 e. The topological polar surface area (TPSA) is 65.8 Å². The molecule has 0 spiro atoms. The molecule has 3 rings (SSSR count). The van der Waals surface area contributed by atoms with Crippen molar-refractivity contribution in [2.24, 2.45) is 0 Å². The third-order valence-corrected chi connectivity index (χ3v) is 5.51. The van der Waals surface area contributed by atoms with Crippen LogP contribution >= 0.6 is 34.5 Å². The van der Waals surface area contributed by atoms with Crippen LogP contribution in [0, 0.1) is 18.3 Å². The van der Waals surface area contributed by atoms with Crippen molar-refractivity contribution < 1.29 is 4.79 Å². The molecule has 0 aliphatic heterocycles. The highest BCUT2D eigenvalue weighted by molar-refractivity contribution is 7.15. The van der Waals surface area contributed by atoms with E-state index in [2.05, 4.69) is 10.3 Å². The number of hydrogen-bond acceptors (Lipinski definition) is 4. The number of aryl methyl sites for hydroxylation is 1. The SMILES string of the molecule is Cc1ccc(Cc2cnc(NC(=O)/C(C#N)=C/c3ccc(Cl)cc3)s2)cc1Cl. The van der Waals surface area contributed by atoms with Crippen LogP contribution in [0.15, 0.2) is 54.2 Å². The summed E-state index contributed by atoms with van der Waals surface area (Å²) >= 11 is 13.4. The number of aromatic nitrogens is 1. The Bertz CT molecular complexity index is 1080. The Balaban J connectivity index is 1.69. The van der Waals surface area contributed by atoms with E-state index in [0.717, 1.165) is 21.0 Å². The van der Waals surface area contributed by atoms with Gasteiger partial charge in [-0.15, -0.1) is 11.3 Å². The van der Waals surface area contributed by atoms with Gasteiger partial charge in [0.1, 0.15) is 11.6 Å². The normalized spacial score (nSPS) is 11.1. The summed E-state index contributed by atoms with van der Waals surface area (Å²) in [4.78, 5) is 17.6. The summed E-state index contributed by atoms with van der Waals surface area (Å²) in [7, 11) is 0. The molecule has 1 aromatic heterocycles. The Hall–Kier alpha value is -2.65. The van der Waals surface area contributed by atoms with Gasteiger partial charge in [0, 0.05) is 27.5 Å². The van der Waals surface area contributed by atoms with Crippen molar-refractivity contribution in [2.75, 3.05) is 5.32 Å². The fraction of sp³-hybridized carbons (Fsp3) is 0.0952. The third kappa shape index (κ3) is 5.20. The Kier molecular flexibility index (Phi) is 6.48. The van der Waals surface area contributed by atoms with E-state index in [9.17, 15) is 10.1 Å². The molecule has 0 saturated carbocycles. The number of nitrogens with one attached hydrogen (secondary N) is 1. The molecule has 28 heavy (non-hydrogen) atoms. The number of rotatable bonds is 5. The first kappa shape index (κ1) is 20.1. The molecule has 140 valence electrons. The van der Waals surface area contributed by atoms with Crippen LogP contribution in [0.1, 0.15) is 21.6 Å².